The topological polar surface area (TPSA) is 69.1 Å². The van der Waals surface area contributed by atoms with Crippen LogP contribution in [0.5, 0.6) is 0 Å². The van der Waals surface area contributed by atoms with Crippen LogP contribution < -0.4 is 11.5 Å². The molecule has 0 saturated carbocycles. The standard InChI is InChI=1S/C5H10N2OS/c6-3-2-9-4(1-8)5(3)7/h1,3-5H,2,6-7H2. The fourth-order valence-corrected chi connectivity index (χ4v) is 1.99. The first-order valence-electron chi connectivity index (χ1n) is 2.83. The van der Waals surface area contributed by atoms with Gasteiger partial charge in [0.25, 0.3) is 0 Å². The molecule has 0 aromatic heterocycles. The van der Waals surface area contributed by atoms with E-state index in [4.69, 9.17) is 11.5 Å². The average molecular weight is 146 g/mol. The molecule has 1 aliphatic rings. The molecule has 3 unspecified atom stereocenters. The molecule has 52 valence electrons. The molecule has 0 aromatic carbocycles. The van der Waals surface area contributed by atoms with E-state index in [1.165, 1.54) is 0 Å². The SMILES string of the molecule is NC1CSC(C=O)C1N. The van der Waals surface area contributed by atoms with Crippen LogP contribution >= 0.6 is 11.8 Å². The highest BCUT2D eigenvalue weighted by atomic mass is 32.2. The summed E-state index contributed by atoms with van der Waals surface area (Å²) in [5.74, 6) is 0.810. The Morgan fingerprint density at radius 2 is 2.22 bits per heavy atom. The van der Waals surface area contributed by atoms with Gasteiger partial charge in [-0.15, -0.1) is 11.8 Å². The van der Waals surface area contributed by atoms with E-state index in [2.05, 4.69) is 0 Å². The Bertz CT molecular complexity index is 120. The second kappa shape index (κ2) is 2.68. The monoisotopic (exact) mass is 146 g/mol. The Balaban J connectivity index is 2.50. The molecule has 4 heteroatoms. The number of carbonyl (C=O) groups excluding carboxylic acids is 1. The number of hydrogen-bond donors (Lipinski definition) is 2. The summed E-state index contributed by atoms with van der Waals surface area (Å²) in [7, 11) is 0. The van der Waals surface area contributed by atoms with E-state index in [0.29, 0.717) is 0 Å². The van der Waals surface area contributed by atoms with Crippen molar-refractivity contribution in [1.29, 1.82) is 0 Å². The highest BCUT2D eigenvalue weighted by Crippen LogP contribution is 2.22. The van der Waals surface area contributed by atoms with Crippen LogP contribution in [0.25, 0.3) is 0 Å². The van der Waals surface area contributed by atoms with Crippen LogP contribution in [0.1, 0.15) is 0 Å². The molecule has 1 heterocycles. The summed E-state index contributed by atoms with van der Waals surface area (Å²) >= 11 is 1.54. The highest BCUT2D eigenvalue weighted by molar-refractivity contribution is 8.00. The summed E-state index contributed by atoms with van der Waals surface area (Å²) in [6, 6.07) is -0.127. The van der Waals surface area contributed by atoms with Gasteiger partial charge in [0.15, 0.2) is 0 Å². The third-order valence-electron chi connectivity index (χ3n) is 1.49. The lowest BCUT2D eigenvalue weighted by Gasteiger charge is -2.09. The van der Waals surface area contributed by atoms with Crippen molar-refractivity contribution in [3.05, 3.63) is 0 Å². The van der Waals surface area contributed by atoms with Crippen molar-refractivity contribution >= 4 is 18.0 Å². The predicted octanol–water partition coefficient (Wildman–Crippen LogP) is -1.04. The van der Waals surface area contributed by atoms with E-state index in [0.717, 1.165) is 12.0 Å². The smallest absolute Gasteiger partial charge is 0.134 e. The lowest BCUT2D eigenvalue weighted by Crippen LogP contribution is -2.44. The molecule has 9 heavy (non-hydrogen) atoms. The summed E-state index contributed by atoms with van der Waals surface area (Å²) in [4.78, 5) is 10.2. The summed E-state index contributed by atoms with van der Waals surface area (Å²) in [6.07, 6.45) is 0.877. The Labute approximate surface area is 58.2 Å². The molecule has 1 saturated heterocycles. The molecule has 3 nitrogen and oxygen atoms in total. The first-order valence-corrected chi connectivity index (χ1v) is 3.88. The number of nitrogens with two attached hydrogens (primary N) is 2. The maximum Gasteiger partial charge on any atom is 0.134 e. The van der Waals surface area contributed by atoms with Crippen molar-refractivity contribution in [3.63, 3.8) is 0 Å². The second-order valence-electron chi connectivity index (χ2n) is 2.18. The number of thioether (sulfide) groups is 1. The highest BCUT2D eigenvalue weighted by Gasteiger charge is 2.30. The molecule has 1 aliphatic heterocycles. The molecule has 4 N–H and O–H groups in total. The average Bonchev–Trinajstić information content (AvgIpc) is 2.15. The van der Waals surface area contributed by atoms with Crippen molar-refractivity contribution in [2.75, 3.05) is 5.75 Å². The van der Waals surface area contributed by atoms with Crippen LogP contribution in [0.2, 0.25) is 0 Å². The van der Waals surface area contributed by atoms with E-state index in [1.54, 1.807) is 11.8 Å². The van der Waals surface area contributed by atoms with E-state index in [1.807, 2.05) is 0 Å². The van der Waals surface area contributed by atoms with Crippen molar-refractivity contribution in [3.8, 4) is 0 Å². The molecule has 0 bridgehead atoms. The van der Waals surface area contributed by atoms with Gasteiger partial charge in [-0.05, 0) is 0 Å². The maximum absolute atomic E-state index is 10.2. The quantitative estimate of drug-likeness (QED) is 0.463. The summed E-state index contributed by atoms with van der Waals surface area (Å²) in [5, 5.41) is -0.0694. The number of hydrogen-bond acceptors (Lipinski definition) is 4. The molecule has 1 fully saturated rings. The molecule has 1 rings (SSSR count). The first-order chi connectivity index (χ1) is 4.25. The fourth-order valence-electron chi connectivity index (χ4n) is 0.818. The minimum atomic E-state index is -0.132. The molecule has 0 spiro atoms. The molecule has 0 amide bonds. The largest absolute Gasteiger partial charge is 0.326 e. The van der Waals surface area contributed by atoms with Gasteiger partial charge in [-0.2, -0.15) is 0 Å². The van der Waals surface area contributed by atoms with Crippen LogP contribution in [0.15, 0.2) is 0 Å². The Morgan fingerprint density at radius 1 is 1.56 bits per heavy atom. The summed E-state index contributed by atoms with van der Waals surface area (Å²) < 4.78 is 0. The predicted molar refractivity (Wildman–Crippen MR) is 38.3 cm³/mol. The Morgan fingerprint density at radius 3 is 2.44 bits per heavy atom. The zero-order chi connectivity index (χ0) is 6.85. The lowest BCUT2D eigenvalue weighted by molar-refractivity contribution is -0.107. The van der Waals surface area contributed by atoms with Crippen molar-refractivity contribution in [2.24, 2.45) is 11.5 Å². The molecule has 0 aromatic rings. The normalized spacial score (nSPS) is 43.1. The van der Waals surface area contributed by atoms with Crippen LogP contribution in [-0.4, -0.2) is 29.4 Å². The minimum Gasteiger partial charge on any atom is -0.326 e. The van der Waals surface area contributed by atoms with E-state index < -0.39 is 0 Å². The van der Waals surface area contributed by atoms with Crippen LogP contribution in [-0.2, 0) is 4.79 Å². The van der Waals surface area contributed by atoms with E-state index in [-0.39, 0.29) is 17.3 Å². The van der Waals surface area contributed by atoms with Gasteiger partial charge in [0.1, 0.15) is 6.29 Å². The van der Waals surface area contributed by atoms with Gasteiger partial charge in [-0.25, -0.2) is 0 Å². The maximum atomic E-state index is 10.2. The van der Waals surface area contributed by atoms with Gasteiger partial charge in [-0.1, -0.05) is 0 Å². The molecular formula is C5H10N2OS. The van der Waals surface area contributed by atoms with Gasteiger partial charge in [-0.3, -0.25) is 0 Å². The van der Waals surface area contributed by atoms with Crippen LogP contribution in [0.4, 0.5) is 0 Å². The van der Waals surface area contributed by atoms with E-state index in [9.17, 15) is 4.79 Å². The third kappa shape index (κ3) is 1.26. The Kier molecular flexibility index (Phi) is 2.10. The van der Waals surface area contributed by atoms with Crippen LogP contribution in [0, 0.1) is 0 Å². The zero-order valence-electron chi connectivity index (χ0n) is 4.99. The minimum absolute atomic E-state index is 0.00481. The summed E-state index contributed by atoms with van der Waals surface area (Å²) in [6.45, 7) is 0. The van der Waals surface area contributed by atoms with Crippen molar-refractivity contribution < 1.29 is 4.79 Å². The van der Waals surface area contributed by atoms with Gasteiger partial charge in [0.2, 0.25) is 0 Å². The van der Waals surface area contributed by atoms with Gasteiger partial charge in [0.05, 0.1) is 5.25 Å². The number of aldehydes is 1. The van der Waals surface area contributed by atoms with Crippen molar-refractivity contribution in [1.82, 2.24) is 0 Å². The molecule has 0 aliphatic carbocycles. The van der Waals surface area contributed by atoms with Gasteiger partial charge >= 0.3 is 0 Å². The molecular weight excluding hydrogens is 136 g/mol. The fraction of sp³-hybridized carbons (Fsp3) is 0.800. The first kappa shape index (κ1) is 7.05. The van der Waals surface area contributed by atoms with Crippen LogP contribution in [0.3, 0.4) is 0 Å². The van der Waals surface area contributed by atoms with Gasteiger partial charge < -0.3 is 16.3 Å². The van der Waals surface area contributed by atoms with Gasteiger partial charge in [0, 0.05) is 17.8 Å². The number of carbonyl (C=O) groups is 1. The lowest BCUT2D eigenvalue weighted by atomic mass is 10.1. The number of rotatable bonds is 1. The second-order valence-corrected chi connectivity index (χ2v) is 3.39. The molecule has 0 radical (unpaired) electrons. The van der Waals surface area contributed by atoms with Crippen molar-refractivity contribution in [2.45, 2.75) is 17.3 Å². The third-order valence-corrected chi connectivity index (χ3v) is 2.88. The molecule has 3 atom stereocenters. The zero-order valence-corrected chi connectivity index (χ0v) is 5.80. The Hall–Kier alpha value is -0.0600. The van der Waals surface area contributed by atoms with E-state index >= 15 is 0 Å². The summed E-state index contributed by atoms with van der Waals surface area (Å²) in [5.41, 5.74) is 11.1.